The number of esters is 1. The fourth-order valence-electron chi connectivity index (χ4n) is 2.57. The molecule has 0 spiro atoms. The third-order valence-electron chi connectivity index (χ3n) is 3.49. The highest BCUT2D eigenvalue weighted by molar-refractivity contribution is 6.08. The number of nitrogens with zero attached hydrogens (tertiary/aromatic N) is 1. The van der Waals surface area contributed by atoms with E-state index in [9.17, 15) is 9.59 Å². The van der Waals surface area contributed by atoms with Crippen molar-refractivity contribution in [1.82, 2.24) is 5.43 Å². The second kappa shape index (κ2) is 7.11. The van der Waals surface area contributed by atoms with Gasteiger partial charge < -0.3 is 10.5 Å². The zero-order valence-electron chi connectivity index (χ0n) is 11.7. The fourth-order valence-corrected chi connectivity index (χ4v) is 2.57. The number of carbonyl (C=O) groups is 2. The number of hydrogen-bond donors (Lipinski definition) is 2. The van der Waals surface area contributed by atoms with Crippen LogP contribution >= 0.6 is 0 Å². The number of nitrogens with one attached hydrogen (secondary N) is 1. The van der Waals surface area contributed by atoms with Gasteiger partial charge in [-0.15, -0.1) is 0 Å². The van der Waals surface area contributed by atoms with Crippen molar-refractivity contribution >= 4 is 17.7 Å². The van der Waals surface area contributed by atoms with E-state index in [1.165, 1.54) is 0 Å². The summed E-state index contributed by atoms with van der Waals surface area (Å²) in [5.41, 5.74) is 7.28. The van der Waals surface area contributed by atoms with Gasteiger partial charge in [0.05, 0.1) is 12.3 Å². The van der Waals surface area contributed by atoms with Crippen molar-refractivity contribution in [3.63, 3.8) is 0 Å². The molecule has 1 rings (SSSR count). The first-order valence-electron chi connectivity index (χ1n) is 6.86. The van der Waals surface area contributed by atoms with Crippen LogP contribution in [0.4, 0.5) is 4.79 Å². The molecule has 0 heterocycles. The lowest BCUT2D eigenvalue weighted by Crippen LogP contribution is -2.39. The largest absolute Gasteiger partial charge is 0.465 e. The van der Waals surface area contributed by atoms with E-state index in [-0.39, 0.29) is 5.97 Å². The Morgan fingerprint density at radius 2 is 2.21 bits per heavy atom. The first kappa shape index (κ1) is 15.5. The summed E-state index contributed by atoms with van der Waals surface area (Å²) < 4.78 is 5.20. The van der Waals surface area contributed by atoms with Gasteiger partial charge in [-0.05, 0) is 32.6 Å². The van der Waals surface area contributed by atoms with Gasteiger partial charge in [0, 0.05) is 0 Å². The van der Waals surface area contributed by atoms with Gasteiger partial charge in [0.1, 0.15) is 5.41 Å². The molecule has 0 aliphatic heterocycles. The zero-order valence-corrected chi connectivity index (χ0v) is 11.7. The Hall–Kier alpha value is -1.59. The molecule has 0 aromatic carbocycles. The molecule has 0 aromatic rings. The summed E-state index contributed by atoms with van der Waals surface area (Å²) in [5.74, 6) is -0.231. The Labute approximate surface area is 113 Å². The lowest BCUT2D eigenvalue weighted by atomic mass is 9.79. The van der Waals surface area contributed by atoms with Gasteiger partial charge in [0.2, 0.25) is 0 Å². The standard InChI is InChI=1S/C13H23N3O3/c1-3-5-8-13(11(17)19-4-2)9-6-7-10(13)15-16-12(14)18/h3-9H2,1-2H3,(H3,14,16,18)/b15-10-/t13-/m0/s1. The second-order valence-corrected chi connectivity index (χ2v) is 4.79. The third-order valence-corrected chi connectivity index (χ3v) is 3.49. The molecule has 0 aromatic heterocycles. The first-order chi connectivity index (χ1) is 9.06. The van der Waals surface area contributed by atoms with Gasteiger partial charge in [-0.3, -0.25) is 4.79 Å². The van der Waals surface area contributed by atoms with Crippen LogP contribution in [0.5, 0.6) is 0 Å². The summed E-state index contributed by atoms with van der Waals surface area (Å²) in [7, 11) is 0. The predicted octanol–water partition coefficient (Wildman–Crippen LogP) is 1.93. The molecule has 19 heavy (non-hydrogen) atoms. The van der Waals surface area contributed by atoms with E-state index >= 15 is 0 Å². The lowest BCUT2D eigenvalue weighted by Gasteiger charge is -2.27. The van der Waals surface area contributed by atoms with Gasteiger partial charge in [0.25, 0.3) is 0 Å². The molecule has 1 aliphatic carbocycles. The number of amides is 2. The molecular weight excluding hydrogens is 246 g/mol. The summed E-state index contributed by atoms with van der Waals surface area (Å²) in [5, 5.41) is 4.02. The maximum Gasteiger partial charge on any atom is 0.332 e. The maximum absolute atomic E-state index is 12.3. The van der Waals surface area contributed by atoms with Gasteiger partial charge in [-0.1, -0.05) is 19.8 Å². The predicted molar refractivity (Wildman–Crippen MR) is 72.6 cm³/mol. The molecule has 3 N–H and O–H groups in total. The summed E-state index contributed by atoms with van der Waals surface area (Å²) in [4.78, 5) is 23.0. The molecule has 0 saturated heterocycles. The Morgan fingerprint density at radius 1 is 1.47 bits per heavy atom. The van der Waals surface area contributed by atoms with Gasteiger partial charge >= 0.3 is 12.0 Å². The van der Waals surface area contributed by atoms with E-state index in [2.05, 4.69) is 17.5 Å². The van der Waals surface area contributed by atoms with Crippen LogP contribution in [0.1, 0.15) is 52.4 Å². The topological polar surface area (TPSA) is 93.8 Å². The van der Waals surface area contributed by atoms with Crippen LogP contribution in [0.2, 0.25) is 0 Å². The van der Waals surface area contributed by atoms with Gasteiger partial charge in [0.15, 0.2) is 0 Å². The van der Waals surface area contributed by atoms with E-state index in [4.69, 9.17) is 10.5 Å². The quantitative estimate of drug-likeness (QED) is 0.570. The number of hydrazone groups is 1. The molecule has 1 saturated carbocycles. The summed E-state index contributed by atoms with van der Waals surface area (Å²) in [6, 6.07) is -0.715. The Bertz CT molecular complexity index is 368. The highest BCUT2D eigenvalue weighted by atomic mass is 16.5. The van der Waals surface area contributed by atoms with Crippen LogP contribution in [0.3, 0.4) is 0 Å². The highest BCUT2D eigenvalue weighted by Crippen LogP contribution is 2.41. The monoisotopic (exact) mass is 269 g/mol. The average Bonchev–Trinajstić information content (AvgIpc) is 2.78. The van der Waals surface area contributed by atoms with Crippen LogP contribution in [0.25, 0.3) is 0 Å². The smallest absolute Gasteiger partial charge is 0.332 e. The van der Waals surface area contributed by atoms with E-state index < -0.39 is 11.4 Å². The number of primary amides is 1. The van der Waals surface area contributed by atoms with Crippen molar-refractivity contribution < 1.29 is 14.3 Å². The highest BCUT2D eigenvalue weighted by Gasteiger charge is 2.47. The molecule has 6 nitrogen and oxygen atoms in total. The summed E-state index contributed by atoms with van der Waals surface area (Å²) in [6.07, 6.45) is 4.93. The van der Waals surface area contributed by atoms with Crippen molar-refractivity contribution in [2.75, 3.05) is 6.61 Å². The Kier molecular flexibility index (Phi) is 5.79. The van der Waals surface area contributed by atoms with Crippen LogP contribution in [-0.2, 0) is 9.53 Å². The van der Waals surface area contributed by atoms with Crippen molar-refractivity contribution in [1.29, 1.82) is 0 Å². The van der Waals surface area contributed by atoms with Crippen LogP contribution < -0.4 is 11.2 Å². The molecular formula is C13H23N3O3. The molecule has 2 amide bonds. The van der Waals surface area contributed by atoms with E-state index in [1.807, 2.05) is 0 Å². The van der Waals surface area contributed by atoms with Crippen molar-refractivity contribution in [3.05, 3.63) is 0 Å². The minimum atomic E-state index is -0.715. The molecule has 1 aliphatic rings. The molecule has 6 heteroatoms. The minimum Gasteiger partial charge on any atom is -0.465 e. The van der Waals surface area contributed by atoms with Crippen LogP contribution in [0, 0.1) is 5.41 Å². The SMILES string of the molecule is CCCC[C@]1(C(=O)OCC)CCC/C1=N/NC(N)=O. The van der Waals surface area contributed by atoms with Crippen LogP contribution in [0.15, 0.2) is 5.10 Å². The van der Waals surface area contributed by atoms with E-state index in [0.717, 1.165) is 25.7 Å². The second-order valence-electron chi connectivity index (χ2n) is 4.79. The molecule has 0 radical (unpaired) electrons. The van der Waals surface area contributed by atoms with Crippen molar-refractivity contribution in [2.24, 2.45) is 16.3 Å². The Balaban J connectivity index is 2.95. The normalized spacial score (nSPS) is 24.4. The zero-order chi connectivity index (χ0) is 14.3. The number of urea groups is 1. The molecule has 1 atom stereocenters. The van der Waals surface area contributed by atoms with Gasteiger partial charge in [-0.2, -0.15) is 5.10 Å². The minimum absolute atomic E-state index is 0.231. The summed E-state index contributed by atoms with van der Waals surface area (Å²) in [6.45, 7) is 4.22. The lowest BCUT2D eigenvalue weighted by molar-refractivity contribution is -0.151. The number of hydrogen-bond acceptors (Lipinski definition) is 4. The number of rotatable bonds is 6. The van der Waals surface area contributed by atoms with E-state index in [0.29, 0.717) is 25.2 Å². The van der Waals surface area contributed by atoms with Crippen LogP contribution in [-0.4, -0.2) is 24.3 Å². The Morgan fingerprint density at radius 3 is 2.79 bits per heavy atom. The maximum atomic E-state index is 12.3. The third kappa shape index (κ3) is 3.68. The summed E-state index contributed by atoms with van der Waals surface area (Å²) >= 11 is 0. The molecule has 108 valence electrons. The van der Waals surface area contributed by atoms with E-state index in [1.54, 1.807) is 6.92 Å². The molecule has 1 fully saturated rings. The number of carbonyl (C=O) groups excluding carboxylic acids is 2. The first-order valence-corrected chi connectivity index (χ1v) is 6.86. The molecule has 0 bridgehead atoms. The van der Waals surface area contributed by atoms with Gasteiger partial charge in [-0.25, -0.2) is 10.2 Å². The van der Waals surface area contributed by atoms with Crippen molar-refractivity contribution in [2.45, 2.75) is 52.4 Å². The fraction of sp³-hybridized carbons (Fsp3) is 0.769. The average molecular weight is 269 g/mol. The number of ether oxygens (including phenoxy) is 1. The van der Waals surface area contributed by atoms with Crippen molar-refractivity contribution in [3.8, 4) is 0 Å². The number of unbranched alkanes of at least 4 members (excludes halogenated alkanes) is 1. The molecule has 0 unspecified atom stereocenters. The number of nitrogens with two attached hydrogens (primary N) is 1.